The van der Waals surface area contributed by atoms with E-state index in [4.69, 9.17) is 5.84 Å². The maximum atomic E-state index is 5.45. The zero-order chi connectivity index (χ0) is 13.9. The highest BCUT2D eigenvalue weighted by Gasteiger charge is 2.32. The lowest BCUT2D eigenvalue weighted by atomic mass is 9.74. The molecule has 1 aliphatic heterocycles. The zero-order valence-corrected chi connectivity index (χ0v) is 13.2. The van der Waals surface area contributed by atoms with Crippen molar-refractivity contribution in [2.45, 2.75) is 39.5 Å². The summed E-state index contributed by atoms with van der Waals surface area (Å²) in [6.07, 6.45) is 6.52. The van der Waals surface area contributed by atoms with E-state index in [1.54, 1.807) is 6.33 Å². The number of aromatic nitrogens is 2. The molecule has 0 aliphatic carbocycles. The molecule has 0 radical (unpaired) electrons. The van der Waals surface area contributed by atoms with Crippen molar-refractivity contribution in [2.75, 3.05) is 23.4 Å². The van der Waals surface area contributed by atoms with E-state index in [1.165, 1.54) is 25.7 Å². The van der Waals surface area contributed by atoms with Crippen molar-refractivity contribution in [1.29, 1.82) is 0 Å². The number of rotatable bonds is 4. The molecule has 19 heavy (non-hydrogen) atoms. The van der Waals surface area contributed by atoms with Gasteiger partial charge in [0, 0.05) is 13.1 Å². The van der Waals surface area contributed by atoms with E-state index in [9.17, 15) is 0 Å². The van der Waals surface area contributed by atoms with Gasteiger partial charge in [-0.25, -0.2) is 15.8 Å². The largest absolute Gasteiger partial charge is 0.355 e. The molecule has 1 aromatic heterocycles. The van der Waals surface area contributed by atoms with Gasteiger partial charge in [0.1, 0.15) is 16.6 Å². The van der Waals surface area contributed by atoms with E-state index in [0.29, 0.717) is 11.2 Å². The minimum absolute atomic E-state index is 0.519. The molecule has 0 aromatic carbocycles. The molecule has 0 bridgehead atoms. The van der Waals surface area contributed by atoms with Gasteiger partial charge < -0.3 is 10.3 Å². The predicted molar refractivity (Wildman–Crippen MR) is 82.0 cm³/mol. The maximum absolute atomic E-state index is 5.45. The van der Waals surface area contributed by atoms with Gasteiger partial charge >= 0.3 is 0 Å². The second-order valence-electron chi connectivity index (χ2n) is 5.20. The third-order valence-corrected chi connectivity index (χ3v) is 5.26. The van der Waals surface area contributed by atoms with Crippen molar-refractivity contribution < 1.29 is 0 Å². The Morgan fingerprint density at radius 1 is 1.32 bits per heavy atom. The van der Waals surface area contributed by atoms with Crippen molar-refractivity contribution >= 4 is 27.6 Å². The second-order valence-corrected chi connectivity index (χ2v) is 5.99. The molecule has 0 unspecified atom stereocenters. The van der Waals surface area contributed by atoms with Crippen molar-refractivity contribution in [2.24, 2.45) is 11.3 Å². The fraction of sp³-hybridized carbons (Fsp3) is 0.692. The number of nitrogens with one attached hydrogen (secondary N) is 1. The summed E-state index contributed by atoms with van der Waals surface area (Å²) in [7, 11) is 0. The van der Waals surface area contributed by atoms with Gasteiger partial charge in [-0.2, -0.15) is 0 Å². The summed E-state index contributed by atoms with van der Waals surface area (Å²) < 4.78 is 0.845. The van der Waals surface area contributed by atoms with E-state index in [2.05, 4.69) is 50.1 Å². The van der Waals surface area contributed by atoms with E-state index < -0.39 is 0 Å². The normalized spacial score (nSPS) is 18.4. The number of nitrogens with zero attached hydrogens (tertiary/aromatic N) is 3. The fourth-order valence-electron chi connectivity index (χ4n) is 2.83. The molecule has 3 N–H and O–H groups in total. The molecule has 1 fully saturated rings. The van der Waals surface area contributed by atoms with Crippen molar-refractivity contribution in [3.63, 3.8) is 0 Å². The number of piperidine rings is 1. The number of hydrazine groups is 1. The quantitative estimate of drug-likeness (QED) is 0.657. The molecule has 0 saturated carbocycles. The Balaban J connectivity index is 2.14. The van der Waals surface area contributed by atoms with Crippen LogP contribution in [0, 0.1) is 5.41 Å². The summed E-state index contributed by atoms with van der Waals surface area (Å²) in [5.74, 6) is 7.01. The van der Waals surface area contributed by atoms with E-state index in [-0.39, 0.29) is 0 Å². The number of anilines is 2. The summed E-state index contributed by atoms with van der Waals surface area (Å²) in [6, 6.07) is 0. The van der Waals surface area contributed by atoms with Crippen LogP contribution in [0.1, 0.15) is 39.5 Å². The van der Waals surface area contributed by atoms with Crippen LogP contribution in [-0.4, -0.2) is 23.1 Å². The highest BCUT2D eigenvalue weighted by molar-refractivity contribution is 9.10. The molecular weight excluding hydrogens is 306 g/mol. The molecule has 0 amide bonds. The minimum atomic E-state index is 0.519. The first-order valence-electron chi connectivity index (χ1n) is 6.88. The summed E-state index contributed by atoms with van der Waals surface area (Å²) in [5.41, 5.74) is 3.11. The van der Waals surface area contributed by atoms with Crippen LogP contribution >= 0.6 is 15.9 Å². The van der Waals surface area contributed by atoms with Gasteiger partial charge in [-0.3, -0.25) is 0 Å². The highest BCUT2D eigenvalue weighted by atomic mass is 79.9. The second kappa shape index (κ2) is 6.05. The van der Waals surface area contributed by atoms with Gasteiger partial charge in [0.2, 0.25) is 0 Å². The van der Waals surface area contributed by atoms with Gasteiger partial charge in [0.15, 0.2) is 5.82 Å². The minimum Gasteiger partial charge on any atom is -0.355 e. The Hall–Kier alpha value is -0.880. The van der Waals surface area contributed by atoms with Crippen LogP contribution in [0.25, 0.3) is 0 Å². The summed E-state index contributed by atoms with van der Waals surface area (Å²) in [4.78, 5) is 10.8. The van der Waals surface area contributed by atoms with E-state index in [0.717, 1.165) is 23.4 Å². The SMILES string of the molecule is CCC1(CC)CCN(c2ncnc(NN)c2Br)CC1. The first-order chi connectivity index (χ1) is 9.15. The molecule has 106 valence electrons. The zero-order valence-electron chi connectivity index (χ0n) is 11.6. The van der Waals surface area contributed by atoms with Gasteiger partial charge in [-0.15, -0.1) is 0 Å². The third-order valence-electron chi connectivity index (χ3n) is 4.53. The molecule has 2 heterocycles. The number of nitrogen functional groups attached to an aromatic ring is 1. The van der Waals surface area contributed by atoms with Crippen molar-refractivity contribution in [3.8, 4) is 0 Å². The molecule has 0 atom stereocenters. The Morgan fingerprint density at radius 2 is 1.95 bits per heavy atom. The molecule has 1 aliphatic rings. The van der Waals surface area contributed by atoms with Crippen LogP contribution in [-0.2, 0) is 0 Å². The summed E-state index contributed by atoms with van der Waals surface area (Å²) >= 11 is 3.53. The average Bonchev–Trinajstić information content (AvgIpc) is 2.48. The Kier molecular flexibility index (Phi) is 4.62. The number of halogens is 1. The van der Waals surface area contributed by atoms with Crippen LogP contribution in [0.2, 0.25) is 0 Å². The summed E-state index contributed by atoms with van der Waals surface area (Å²) in [5, 5.41) is 0. The van der Waals surface area contributed by atoms with Crippen LogP contribution < -0.4 is 16.2 Å². The lowest BCUT2D eigenvalue weighted by Gasteiger charge is -2.41. The molecule has 6 heteroatoms. The number of hydrogen-bond donors (Lipinski definition) is 2. The van der Waals surface area contributed by atoms with Gasteiger partial charge in [-0.05, 0) is 34.2 Å². The molecule has 1 aromatic rings. The Labute approximate surface area is 123 Å². The van der Waals surface area contributed by atoms with Crippen LogP contribution in [0.3, 0.4) is 0 Å². The van der Waals surface area contributed by atoms with Crippen molar-refractivity contribution in [1.82, 2.24) is 9.97 Å². The van der Waals surface area contributed by atoms with E-state index in [1.807, 2.05) is 0 Å². The molecule has 2 rings (SSSR count). The third kappa shape index (κ3) is 2.84. The fourth-order valence-corrected chi connectivity index (χ4v) is 3.40. The lowest BCUT2D eigenvalue weighted by molar-refractivity contribution is 0.199. The van der Waals surface area contributed by atoms with Gasteiger partial charge in [0.25, 0.3) is 0 Å². The molecule has 0 spiro atoms. The summed E-state index contributed by atoms with van der Waals surface area (Å²) in [6.45, 7) is 6.69. The standard InChI is InChI=1S/C13H22BrN5/c1-3-13(4-2)5-7-19(8-6-13)12-10(14)11(18-15)16-9-17-12/h9H,3-8,15H2,1-2H3,(H,16,17,18). The van der Waals surface area contributed by atoms with Crippen LogP contribution in [0.5, 0.6) is 0 Å². The molecule has 1 saturated heterocycles. The van der Waals surface area contributed by atoms with Crippen molar-refractivity contribution in [3.05, 3.63) is 10.8 Å². The lowest BCUT2D eigenvalue weighted by Crippen LogP contribution is -2.40. The predicted octanol–water partition coefficient (Wildman–Crippen LogP) is 2.93. The van der Waals surface area contributed by atoms with Gasteiger partial charge in [-0.1, -0.05) is 26.7 Å². The Bertz CT molecular complexity index is 423. The molecule has 5 nitrogen and oxygen atoms in total. The number of hydrogen-bond acceptors (Lipinski definition) is 5. The van der Waals surface area contributed by atoms with E-state index >= 15 is 0 Å². The van der Waals surface area contributed by atoms with Gasteiger partial charge in [0.05, 0.1) is 0 Å². The first kappa shape index (κ1) is 14.5. The Morgan fingerprint density at radius 3 is 2.47 bits per heavy atom. The molecular formula is C13H22BrN5. The first-order valence-corrected chi connectivity index (χ1v) is 7.67. The topological polar surface area (TPSA) is 67.1 Å². The monoisotopic (exact) mass is 327 g/mol. The number of nitrogens with two attached hydrogens (primary N) is 1. The maximum Gasteiger partial charge on any atom is 0.159 e. The average molecular weight is 328 g/mol. The smallest absolute Gasteiger partial charge is 0.159 e. The van der Waals surface area contributed by atoms with Crippen LogP contribution in [0.15, 0.2) is 10.8 Å². The van der Waals surface area contributed by atoms with Crippen LogP contribution in [0.4, 0.5) is 11.6 Å². The highest BCUT2D eigenvalue weighted by Crippen LogP contribution is 2.40.